The van der Waals surface area contributed by atoms with Crippen LogP contribution >= 0.6 is 0 Å². The summed E-state index contributed by atoms with van der Waals surface area (Å²) in [5.41, 5.74) is 0.333. The highest BCUT2D eigenvalue weighted by Crippen LogP contribution is 2.28. The van der Waals surface area contributed by atoms with Crippen molar-refractivity contribution in [2.75, 3.05) is 6.79 Å². The maximum Gasteiger partial charge on any atom is 0.231 e. The van der Waals surface area contributed by atoms with Crippen LogP contribution in [-0.4, -0.2) is 6.79 Å². The van der Waals surface area contributed by atoms with Crippen LogP contribution in [0.1, 0.15) is 33.6 Å². The van der Waals surface area contributed by atoms with Crippen LogP contribution in [0.25, 0.3) is 0 Å². The lowest BCUT2D eigenvalue weighted by atomic mass is 9.86. The number of hydrogen-bond donors (Lipinski definition) is 0. The number of hydrogen-bond acceptors (Lipinski definition) is 2. The Bertz CT molecular complexity index is 226. The fourth-order valence-electron chi connectivity index (χ4n) is 1.00. The lowest BCUT2D eigenvalue weighted by molar-refractivity contribution is 0.0975. The van der Waals surface area contributed by atoms with Crippen LogP contribution in [0.5, 0.6) is 0 Å². The lowest BCUT2D eigenvalue weighted by Crippen LogP contribution is -2.07. The SMILES string of the molecule is C=C1OCO/C1=C/CC(C)(C)CC. The molecule has 2 heteroatoms. The van der Waals surface area contributed by atoms with Gasteiger partial charge >= 0.3 is 0 Å². The van der Waals surface area contributed by atoms with Crippen molar-refractivity contribution >= 4 is 0 Å². The van der Waals surface area contributed by atoms with Gasteiger partial charge in [-0.15, -0.1) is 0 Å². The predicted octanol–water partition coefficient (Wildman–Crippen LogP) is 3.21. The molecule has 1 fully saturated rings. The van der Waals surface area contributed by atoms with Crippen LogP contribution in [0.15, 0.2) is 24.2 Å². The van der Waals surface area contributed by atoms with Gasteiger partial charge in [0.2, 0.25) is 6.79 Å². The fraction of sp³-hybridized carbons (Fsp3) is 0.636. The molecule has 1 heterocycles. The molecule has 0 aromatic carbocycles. The van der Waals surface area contributed by atoms with Crippen molar-refractivity contribution in [1.29, 1.82) is 0 Å². The topological polar surface area (TPSA) is 18.5 Å². The zero-order chi connectivity index (χ0) is 9.90. The molecule has 0 bridgehead atoms. The highest BCUT2D eigenvalue weighted by atomic mass is 16.7. The third-order valence-corrected chi connectivity index (χ3v) is 2.52. The maximum absolute atomic E-state index is 5.24. The van der Waals surface area contributed by atoms with E-state index >= 15 is 0 Å². The monoisotopic (exact) mass is 182 g/mol. The van der Waals surface area contributed by atoms with E-state index in [1.54, 1.807) is 0 Å². The Morgan fingerprint density at radius 1 is 1.46 bits per heavy atom. The van der Waals surface area contributed by atoms with E-state index in [9.17, 15) is 0 Å². The van der Waals surface area contributed by atoms with Gasteiger partial charge in [0.25, 0.3) is 0 Å². The predicted molar refractivity (Wildman–Crippen MR) is 52.9 cm³/mol. The van der Waals surface area contributed by atoms with Crippen molar-refractivity contribution in [3.63, 3.8) is 0 Å². The summed E-state index contributed by atoms with van der Waals surface area (Å²) in [6.07, 6.45) is 4.23. The molecule has 0 radical (unpaired) electrons. The molecule has 0 N–H and O–H groups in total. The van der Waals surface area contributed by atoms with Gasteiger partial charge in [0.05, 0.1) is 0 Å². The van der Waals surface area contributed by atoms with Gasteiger partial charge in [-0.2, -0.15) is 0 Å². The fourth-order valence-corrected chi connectivity index (χ4v) is 1.00. The minimum atomic E-state index is 0.317. The molecule has 13 heavy (non-hydrogen) atoms. The summed E-state index contributed by atoms with van der Waals surface area (Å²) in [6, 6.07) is 0. The molecular formula is C11H18O2. The molecule has 0 amide bonds. The lowest BCUT2D eigenvalue weighted by Gasteiger charge is -2.19. The second kappa shape index (κ2) is 3.86. The Morgan fingerprint density at radius 3 is 2.62 bits per heavy atom. The van der Waals surface area contributed by atoms with E-state index in [2.05, 4.69) is 33.4 Å². The van der Waals surface area contributed by atoms with Gasteiger partial charge in [-0.1, -0.05) is 33.8 Å². The molecule has 1 aliphatic heterocycles. The number of ether oxygens (including phenoxy) is 2. The second-order valence-electron chi connectivity index (χ2n) is 4.12. The summed E-state index contributed by atoms with van der Waals surface area (Å²) >= 11 is 0. The summed E-state index contributed by atoms with van der Waals surface area (Å²) in [5, 5.41) is 0. The third kappa shape index (κ3) is 2.79. The Labute approximate surface area is 80.2 Å². The molecule has 0 unspecified atom stereocenters. The summed E-state index contributed by atoms with van der Waals surface area (Å²) in [4.78, 5) is 0. The molecule has 2 nitrogen and oxygen atoms in total. The van der Waals surface area contributed by atoms with Crippen LogP contribution in [0, 0.1) is 5.41 Å². The van der Waals surface area contributed by atoms with Gasteiger partial charge in [0.1, 0.15) is 0 Å². The van der Waals surface area contributed by atoms with Crippen LogP contribution in [0.4, 0.5) is 0 Å². The maximum atomic E-state index is 5.24. The van der Waals surface area contributed by atoms with Crippen LogP contribution < -0.4 is 0 Å². The molecule has 1 rings (SSSR count). The van der Waals surface area contributed by atoms with E-state index in [4.69, 9.17) is 9.47 Å². The zero-order valence-electron chi connectivity index (χ0n) is 8.72. The molecule has 0 spiro atoms. The first-order valence-corrected chi connectivity index (χ1v) is 4.70. The van der Waals surface area contributed by atoms with Crippen molar-refractivity contribution in [2.24, 2.45) is 5.41 Å². The Morgan fingerprint density at radius 2 is 2.15 bits per heavy atom. The van der Waals surface area contributed by atoms with Gasteiger partial charge in [-0.3, -0.25) is 0 Å². The minimum absolute atomic E-state index is 0.317. The molecule has 0 aromatic rings. The van der Waals surface area contributed by atoms with Gasteiger partial charge in [0.15, 0.2) is 11.5 Å². The van der Waals surface area contributed by atoms with Crippen molar-refractivity contribution in [3.05, 3.63) is 24.2 Å². The van der Waals surface area contributed by atoms with Gasteiger partial charge in [-0.25, -0.2) is 0 Å². The van der Waals surface area contributed by atoms with Crippen LogP contribution in [-0.2, 0) is 9.47 Å². The highest BCUT2D eigenvalue weighted by molar-refractivity contribution is 5.19. The first-order chi connectivity index (χ1) is 6.05. The summed E-state index contributed by atoms with van der Waals surface area (Å²) < 4.78 is 10.3. The number of allylic oxidation sites excluding steroid dienone is 1. The average molecular weight is 182 g/mol. The zero-order valence-corrected chi connectivity index (χ0v) is 8.72. The summed E-state index contributed by atoms with van der Waals surface area (Å²) in [6.45, 7) is 10.7. The Kier molecular flexibility index (Phi) is 3.02. The molecule has 1 saturated heterocycles. The Balaban J connectivity index is 2.52. The van der Waals surface area contributed by atoms with E-state index in [0.717, 1.165) is 18.6 Å². The smallest absolute Gasteiger partial charge is 0.231 e. The molecule has 0 atom stereocenters. The number of rotatable bonds is 3. The van der Waals surface area contributed by atoms with E-state index in [1.165, 1.54) is 0 Å². The Hall–Kier alpha value is -0.920. The molecule has 0 aromatic heterocycles. The van der Waals surface area contributed by atoms with Gasteiger partial charge < -0.3 is 9.47 Å². The first kappa shape index (κ1) is 10.2. The first-order valence-electron chi connectivity index (χ1n) is 4.70. The highest BCUT2D eigenvalue weighted by Gasteiger charge is 2.17. The second-order valence-corrected chi connectivity index (χ2v) is 4.12. The summed E-state index contributed by atoms with van der Waals surface area (Å²) in [7, 11) is 0. The van der Waals surface area contributed by atoms with Gasteiger partial charge in [-0.05, 0) is 17.9 Å². The summed E-state index contributed by atoms with van der Waals surface area (Å²) in [5.74, 6) is 1.47. The average Bonchev–Trinajstić information content (AvgIpc) is 2.48. The molecular weight excluding hydrogens is 164 g/mol. The minimum Gasteiger partial charge on any atom is -0.454 e. The van der Waals surface area contributed by atoms with Crippen molar-refractivity contribution in [3.8, 4) is 0 Å². The quantitative estimate of drug-likeness (QED) is 0.667. The largest absolute Gasteiger partial charge is 0.454 e. The molecule has 0 saturated carbocycles. The third-order valence-electron chi connectivity index (χ3n) is 2.52. The normalized spacial score (nSPS) is 20.2. The van der Waals surface area contributed by atoms with E-state index in [-0.39, 0.29) is 0 Å². The van der Waals surface area contributed by atoms with E-state index in [1.807, 2.05) is 0 Å². The standard InChI is InChI=1S/C11H18O2/c1-5-11(3,4)7-6-10-9(2)12-8-13-10/h6H,2,5,7-8H2,1,3-4H3/b10-6+. The van der Waals surface area contributed by atoms with Crippen molar-refractivity contribution in [2.45, 2.75) is 33.6 Å². The van der Waals surface area contributed by atoms with E-state index < -0.39 is 0 Å². The van der Waals surface area contributed by atoms with E-state index in [0.29, 0.717) is 18.0 Å². The van der Waals surface area contributed by atoms with Crippen LogP contribution in [0.3, 0.4) is 0 Å². The molecule has 0 aliphatic carbocycles. The van der Waals surface area contributed by atoms with Crippen LogP contribution in [0.2, 0.25) is 0 Å². The van der Waals surface area contributed by atoms with Crippen molar-refractivity contribution in [1.82, 2.24) is 0 Å². The van der Waals surface area contributed by atoms with Gasteiger partial charge in [0, 0.05) is 0 Å². The molecule has 1 aliphatic rings. The van der Waals surface area contributed by atoms with Crippen molar-refractivity contribution < 1.29 is 9.47 Å². The molecule has 74 valence electrons.